The van der Waals surface area contributed by atoms with Gasteiger partial charge in [-0.3, -0.25) is 4.79 Å². The van der Waals surface area contributed by atoms with E-state index in [1.165, 1.54) is 11.8 Å². The minimum atomic E-state index is -0.256. The van der Waals surface area contributed by atoms with Crippen molar-refractivity contribution in [2.24, 2.45) is 0 Å². The van der Waals surface area contributed by atoms with E-state index in [9.17, 15) is 4.79 Å². The van der Waals surface area contributed by atoms with E-state index in [0.717, 1.165) is 32.9 Å². The standard InChI is InChI=1S/C21H21N3OS/c1-14-9-10-15(2)17(13-14)20(25)16(3)26-21-23-18-7-4-5-8-19(18)24(21)12-6-11-22/h4-5,7-10,13,16H,6,12H2,1-3H3. The van der Waals surface area contributed by atoms with Crippen LogP contribution in [0.15, 0.2) is 47.6 Å². The number of thioether (sulfide) groups is 1. The summed E-state index contributed by atoms with van der Waals surface area (Å²) in [5.41, 5.74) is 4.73. The zero-order valence-corrected chi connectivity index (χ0v) is 16.0. The highest BCUT2D eigenvalue weighted by Crippen LogP contribution is 2.29. The van der Waals surface area contributed by atoms with Gasteiger partial charge in [0.1, 0.15) is 0 Å². The summed E-state index contributed by atoms with van der Waals surface area (Å²) in [5, 5.41) is 9.49. The van der Waals surface area contributed by atoms with Crippen LogP contribution in [0.4, 0.5) is 0 Å². The molecule has 1 unspecified atom stereocenters. The number of benzene rings is 2. The zero-order chi connectivity index (χ0) is 18.7. The van der Waals surface area contributed by atoms with E-state index in [-0.39, 0.29) is 11.0 Å². The first kappa shape index (κ1) is 18.2. The van der Waals surface area contributed by atoms with Crippen molar-refractivity contribution in [3.63, 3.8) is 0 Å². The van der Waals surface area contributed by atoms with Gasteiger partial charge in [-0.1, -0.05) is 41.6 Å². The van der Waals surface area contributed by atoms with Crippen LogP contribution < -0.4 is 0 Å². The van der Waals surface area contributed by atoms with Crippen LogP contribution in [0.3, 0.4) is 0 Å². The summed E-state index contributed by atoms with van der Waals surface area (Å²) in [6.45, 7) is 6.45. The minimum absolute atomic E-state index is 0.107. The van der Waals surface area contributed by atoms with Gasteiger partial charge < -0.3 is 4.57 Å². The number of aryl methyl sites for hydroxylation is 3. The number of imidazole rings is 1. The Hall–Kier alpha value is -2.58. The molecule has 3 aromatic rings. The fraction of sp³-hybridized carbons (Fsp3) is 0.286. The molecule has 4 nitrogen and oxygen atoms in total. The first-order chi connectivity index (χ1) is 12.5. The molecular weight excluding hydrogens is 342 g/mol. The first-order valence-corrected chi connectivity index (χ1v) is 9.49. The monoisotopic (exact) mass is 363 g/mol. The number of nitriles is 1. The third kappa shape index (κ3) is 3.66. The summed E-state index contributed by atoms with van der Waals surface area (Å²) >= 11 is 1.46. The second-order valence-corrected chi connectivity index (χ2v) is 7.69. The van der Waals surface area contributed by atoms with Crippen LogP contribution >= 0.6 is 11.8 Å². The Balaban J connectivity index is 1.91. The molecule has 1 aromatic heterocycles. The van der Waals surface area contributed by atoms with Crippen molar-refractivity contribution < 1.29 is 4.79 Å². The molecule has 3 rings (SSSR count). The van der Waals surface area contributed by atoms with Crippen LogP contribution in [-0.2, 0) is 6.54 Å². The summed E-state index contributed by atoms with van der Waals surface area (Å²) in [5.74, 6) is 0.107. The summed E-state index contributed by atoms with van der Waals surface area (Å²) in [7, 11) is 0. The van der Waals surface area contributed by atoms with Crippen LogP contribution in [0, 0.1) is 25.2 Å². The molecule has 0 aliphatic heterocycles. The molecule has 0 aliphatic rings. The molecule has 0 spiro atoms. The molecule has 0 aliphatic carbocycles. The number of Topliss-reactive ketones (excluding diaryl/α,β-unsaturated/α-hetero) is 1. The SMILES string of the molecule is Cc1ccc(C)c(C(=O)C(C)Sc2nc3ccccc3n2CCC#N)c1. The van der Waals surface area contributed by atoms with E-state index < -0.39 is 0 Å². The Morgan fingerprint density at radius 2 is 2.04 bits per heavy atom. The lowest BCUT2D eigenvalue weighted by Gasteiger charge is -2.13. The van der Waals surface area contributed by atoms with E-state index in [1.54, 1.807) is 0 Å². The lowest BCUT2D eigenvalue weighted by atomic mass is 10.0. The number of rotatable bonds is 6. The number of nitrogens with zero attached hydrogens (tertiary/aromatic N) is 3. The number of hydrogen-bond donors (Lipinski definition) is 0. The third-order valence-corrected chi connectivity index (χ3v) is 5.47. The molecule has 0 amide bonds. The minimum Gasteiger partial charge on any atom is -0.318 e. The highest BCUT2D eigenvalue weighted by atomic mass is 32.2. The maximum absolute atomic E-state index is 13.0. The molecule has 0 fully saturated rings. The maximum atomic E-state index is 13.0. The highest BCUT2D eigenvalue weighted by Gasteiger charge is 2.21. The summed E-state index contributed by atoms with van der Waals surface area (Å²) < 4.78 is 2.04. The fourth-order valence-electron chi connectivity index (χ4n) is 2.95. The lowest BCUT2D eigenvalue weighted by molar-refractivity contribution is 0.0993. The van der Waals surface area contributed by atoms with Crippen LogP contribution in [-0.4, -0.2) is 20.6 Å². The van der Waals surface area contributed by atoms with Crippen molar-refractivity contribution in [3.05, 3.63) is 59.2 Å². The first-order valence-electron chi connectivity index (χ1n) is 8.61. The van der Waals surface area contributed by atoms with Crippen LogP contribution in [0.5, 0.6) is 0 Å². The van der Waals surface area contributed by atoms with Crippen molar-refractivity contribution in [1.82, 2.24) is 9.55 Å². The van der Waals surface area contributed by atoms with Crippen LogP contribution in [0.1, 0.15) is 34.8 Å². The molecule has 0 bridgehead atoms. The van der Waals surface area contributed by atoms with E-state index in [0.29, 0.717) is 13.0 Å². The van der Waals surface area contributed by atoms with Gasteiger partial charge in [-0.2, -0.15) is 5.26 Å². The number of para-hydroxylation sites is 2. The second-order valence-electron chi connectivity index (χ2n) is 6.39. The average Bonchev–Trinajstić information content (AvgIpc) is 2.98. The predicted octanol–water partition coefficient (Wildman–Crippen LogP) is 4.93. The number of aromatic nitrogens is 2. The molecule has 5 heteroatoms. The van der Waals surface area contributed by atoms with Gasteiger partial charge in [0, 0.05) is 12.1 Å². The molecule has 1 heterocycles. The third-order valence-electron chi connectivity index (χ3n) is 4.38. The molecule has 2 aromatic carbocycles. The fourth-order valence-corrected chi connectivity index (χ4v) is 3.97. The lowest BCUT2D eigenvalue weighted by Crippen LogP contribution is -2.16. The van der Waals surface area contributed by atoms with E-state index in [2.05, 4.69) is 11.1 Å². The number of carbonyl (C=O) groups excluding carboxylic acids is 1. The Morgan fingerprint density at radius 1 is 1.27 bits per heavy atom. The quantitative estimate of drug-likeness (QED) is 0.460. The molecule has 132 valence electrons. The van der Waals surface area contributed by atoms with E-state index in [1.807, 2.05) is 67.8 Å². The van der Waals surface area contributed by atoms with Gasteiger partial charge in [-0.15, -0.1) is 0 Å². The second kappa shape index (κ2) is 7.76. The number of hydrogen-bond acceptors (Lipinski definition) is 4. The Labute approximate surface area is 157 Å². The van der Waals surface area contributed by atoms with Gasteiger partial charge in [0.25, 0.3) is 0 Å². The Kier molecular flexibility index (Phi) is 5.43. The average molecular weight is 363 g/mol. The number of carbonyl (C=O) groups is 1. The summed E-state index contributed by atoms with van der Waals surface area (Å²) in [6.07, 6.45) is 0.410. The normalized spacial score (nSPS) is 12.1. The van der Waals surface area contributed by atoms with Crippen molar-refractivity contribution in [1.29, 1.82) is 5.26 Å². The van der Waals surface area contributed by atoms with Gasteiger partial charge in [0.2, 0.25) is 0 Å². The summed E-state index contributed by atoms with van der Waals surface area (Å²) in [6, 6.07) is 16.0. The molecule has 0 saturated carbocycles. The molecule has 0 N–H and O–H groups in total. The topological polar surface area (TPSA) is 58.7 Å². The van der Waals surface area contributed by atoms with Gasteiger partial charge in [0.05, 0.1) is 28.8 Å². The van der Waals surface area contributed by atoms with Crippen molar-refractivity contribution in [2.45, 2.75) is 44.1 Å². The van der Waals surface area contributed by atoms with Gasteiger partial charge in [-0.05, 0) is 44.5 Å². The van der Waals surface area contributed by atoms with Crippen molar-refractivity contribution in [2.75, 3.05) is 0 Å². The van der Waals surface area contributed by atoms with Crippen molar-refractivity contribution in [3.8, 4) is 6.07 Å². The maximum Gasteiger partial charge on any atom is 0.176 e. The highest BCUT2D eigenvalue weighted by molar-refractivity contribution is 8.00. The van der Waals surface area contributed by atoms with E-state index in [4.69, 9.17) is 5.26 Å². The van der Waals surface area contributed by atoms with Gasteiger partial charge in [-0.25, -0.2) is 4.98 Å². The predicted molar refractivity (Wildman–Crippen MR) is 106 cm³/mol. The smallest absolute Gasteiger partial charge is 0.176 e. The van der Waals surface area contributed by atoms with E-state index >= 15 is 0 Å². The van der Waals surface area contributed by atoms with Gasteiger partial charge in [0.15, 0.2) is 10.9 Å². The van der Waals surface area contributed by atoms with Gasteiger partial charge >= 0.3 is 0 Å². The largest absolute Gasteiger partial charge is 0.318 e. The summed E-state index contributed by atoms with van der Waals surface area (Å²) in [4.78, 5) is 17.6. The van der Waals surface area contributed by atoms with Crippen LogP contribution in [0.2, 0.25) is 0 Å². The molecule has 26 heavy (non-hydrogen) atoms. The molecule has 0 radical (unpaired) electrons. The van der Waals surface area contributed by atoms with Crippen molar-refractivity contribution >= 4 is 28.6 Å². The number of ketones is 1. The Bertz CT molecular complexity index is 1000. The molecule has 0 saturated heterocycles. The Morgan fingerprint density at radius 3 is 2.81 bits per heavy atom. The van der Waals surface area contributed by atoms with Crippen LogP contribution in [0.25, 0.3) is 11.0 Å². The molecule has 1 atom stereocenters. The zero-order valence-electron chi connectivity index (χ0n) is 15.2. The number of fused-ring (bicyclic) bond motifs is 1. The molecular formula is C21H21N3OS.